The minimum atomic E-state index is -1.20. The largest absolute Gasteiger partial charge is 0.356 e. The summed E-state index contributed by atoms with van der Waals surface area (Å²) in [5.74, 6) is -0.232. The molecule has 0 aliphatic carbocycles. The molecule has 1 heterocycles. The Morgan fingerprint density at radius 3 is 2.63 bits per heavy atom. The third kappa shape index (κ3) is 4.21. The van der Waals surface area contributed by atoms with Crippen LogP contribution in [-0.2, 0) is 4.79 Å². The van der Waals surface area contributed by atoms with E-state index in [2.05, 4.69) is 10.5 Å². The van der Waals surface area contributed by atoms with Gasteiger partial charge in [-0.1, -0.05) is 58.2 Å². The van der Waals surface area contributed by atoms with Crippen LogP contribution in [0.5, 0.6) is 0 Å². The van der Waals surface area contributed by atoms with Crippen molar-refractivity contribution in [2.45, 2.75) is 4.84 Å². The number of carbonyl (C=O) groups excluding carboxylic acids is 1. The van der Waals surface area contributed by atoms with Crippen LogP contribution in [0, 0.1) is 10.1 Å². The Labute approximate surface area is 168 Å². The Morgan fingerprint density at radius 2 is 1.93 bits per heavy atom. The van der Waals surface area contributed by atoms with Gasteiger partial charge >= 0.3 is 0 Å². The van der Waals surface area contributed by atoms with Crippen LogP contribution in [0.1, 0.15) is 0 Å². The molecule has 27 heavy (non-hydrogen) atoms. The number of nitro groups is 1. The van der Waals surface area contributed by atoms with Gasteiger partial charge in [-0.3, -0.25) is 14.9 Å². The zero-order chi connectivity index (χ0) is 19.6. The highest BCUT2D eigenvalue weighted by Crippen LogP contribution is 2.37. The Kier molecular flexibility index (Phi) is 5.65. The van der Waals surface area contributed by atoms with Gasteiger partial charge in [-0.25, -0.2) is 0 Å². The predicted octanol–water partition coefficient (Wildman–Crippen LogP) is 5.31. The van der Waals surface area contributed by atoms with Crippen molar-refractivity contribution in [1.29, 1.82) is 0 Å². The van der Waals surface area contributed by atoms with Gasteiger partial charge in [0.15, 0.2) is 10.6 Å². The lowest BCUT2D eigenvalue weighted by molar-refractivity contribution is -0.384. The average Bonchev–Trinajstić information content (AvgIpc) is 3.11. The van der Waals surface area contributed by atoms with Gasteiger partial charge in [0, 0.05) is 23.4 Å². The van der Waals surface area contributed by atoms with Crippen molar-refractivity contribution in [2.75, 3.05) is 5.32 Å². The standard InChI is InChI=1S/C17H10Cl3N3O4/c18-11-5-2-6-13(23(25)26)15(11)12-8-14(27-22-12)9-3-1-4-10(7-9)21-17(24)16(19)20/h1-8,16H,(H,21,24). The topological polar surface area (TPSA) is 98.3 Å². The van der Waals surface area contributed by atoms with Gasteiger partial charge in [0.05, 0.1) is 9.95 Å². The Morgan fingerprint density at radius 1 is 1.19 bits per heavy atom. The van der Waals surface area contributed by atoms with Gasteiger partial charge in [0.25, 0.3) is 11.6 Å². The van der Waals surface area contributed by atoms with E-state index in [1.807, 2.05) is 0 Å². The van der Waals surface area contributed by atoms with Crippen molar-refractivity contribution in [3.63, 3.8) is 0 Å². The maximum Gasteiger partial charge on any atom is 0.280 e. The fourth-order valence-electron chi connectivity index (χ4n) is 2.39. The highest BCUT2D eigenvalue weighted by molar-refractivity contribution is 6.54. The molecule has 1 aromatic heterocycles. The first-order chi connectivity index (χ1) is 12.9. The van der Waals surface area contributed by atoms with Gasteiger partial charge in [-0.2, -0.15) is 0 Å². The van der Waals surface area contributed by atoms with Crippen LogP contribution in [0.2, 0.25) is 5.02 Å². The third-order valence-electron chi connectivity index (χ3n) is 3.57. The van der Waals surface area contributed by atoms with Gasteiger partial charge in [0.2, 0.25) is 0 Å². The summed E-state index contributed by atoms with van der Waals surface area (Å²) in [6, 6.07) is 12.6. The van der Waals surface area contributed by atoms with Crippen LogP contribution in [0.25, 0.3) is 22.6 Å². The van der Waals surface area contributed by atoms with Crippen LogP contribution in [0.4, 0.5) is 11.4 Å². The lowest BCUT2D eigenvalue weighted by Gasteiger charge is -2.06. The van der Waals surface area contributed by atoms with Crippen molar-refractivity contribution in [3.8, 4) is 22.6 Å². The number of benzene rings is 2. The highest BCUT2D eigenvalue weighted by Gasteiger charge is 2.22. The number of hydrogen-bond donors (Lipinski definition) is 1. The summed E-state index contributed by atoms with van der Waals surface area (Å²) in [6.07, 6.45) is 0. The van der Waals surface area contributed by atoms with E-state index in [9.17, 15) is 14.9 Å². The number of nitrogens with zero attached hydrogens (tertiary/aromatic N) is 2. The molecule has 0 saturated carbocycles. The molecule has 10 heteroatoms. The summed E-state index contributed by atoms with van der Waals surface area (Å²) in [7, 11) is 0. The Hall–Kier alpha value is -2.61. The predicted molar refractivity (Wildman–Crippen MR) is 103 cm³/mol. The molecular formula is C17H10Cl3N3O4. The second kappa shape index (κ2) is 7.96. The van der Waals surface area contributed by atoms with Crippen molar-refractivity contribution < 1.29 is 14.2 Å². The summed E-state index contributed by atoms with van der Waals surface area (Å²) in [5, 5.41) is 17.9. The summed E-state index contributed by atoms with van der Waals surface area (Å²) < 4.78 is 5.31. The summed E-state index contributed by atoms with van der Waals surface area (Å²) in [5.41, 5.74) is 1.24. The molecule has 0 spiro atoms. The second-order valence-corrected chi connectivity index (χ2v) is 6.84. The second-order valence-electron chi connectivity index (χ2n) is 5.34. The SMILES string of the molecule is O=C(Nc1cccc(-c2cc(-c3c(Cl)cccc3[N+](=O)[O-])no2)c1)C(Cl)Cl. The zero-order valence-corrected chi connectivity index (χ0v) is 15.6. The first kappa shape index (κ1) is 19.2. The fraction of sp³-hybridized carbons (Fsp3) is 0.0588. The summed E-state index contributed by atoms with van der Waals surface area (Å²) >= 11 is 17.2. The number of halogens is 3. The van der Waals surface area contributed by atoms with Crippen molar-refractivity contribution in [3.05, 3.63) is 63.7 Å². The van der Waals surface area contributed by atoms with Gasteiger partial charge in [-0.15, -0.1) is 0 Å². The van der Waals surface area contributed by atoms with E-state index in [0.29, 0.717) is 17.0 Å². The number of nitro benzene ring substituents is 1. The molecule has 0 aliphatic rings. The van der Waals surface area contributed by atoms with Gasteiger partial charge in [-0.05, 0) is 18.2 Å². The minimum Gasteiger partial charge on any atom is -0.356 e. The van der Waals surface area contributed by atoms with E-state index in [0.717, 1.165) is 0 Å². The molecule has 138 valence electrons. The molecule has 0 saturated heterocycles. The number of alkyl halides is 2. The van der Waals surface area contributed by atoms with Crippen LogP contribution in [0.15, 0.2) is 53.1 Å². The van der Waals surface area contributed by atoms with E-state index in [-0.39, 0.29) is 22.0 Å². The lowest BCUT2D eigenvalue weighted by Crippen LogP contribution is -2.18. The Bertz CT molecular complexity index is 1020. The molecule has 0 radical (unpaired) electrons. The first-order valence-corrected chi connectivity index (χ1v) is 8.71. The fourth-order valence-corrected chi connectivity index (χ4v) is 2.77. The first-order valence-electron chi connectivity index (χ1n) is 7.46. The Balaban J connectivity index is 1.96. The van der Waals surface area contributed by atoms with E-state index in [1.165, 1.54) is 24.3 Å². The number of hydrogen-bond acceptors (Lipinski definition) is 5. The zero-order valence-electron chi connectivity index (χ0n) is 13.4. The van der Waals surface area contributed by atoms with E-state index < -0.39 is 15.7 Å². The van der Waals surface area contributed by atoms with Crippen molar-refractivity contribution in [2.24, 2.45) is 0 Å². The molecule has 0 aliphatic heterocycles. The number of rotatable bonds is 5. The molecule has 0 bridgehead atoms. The van der Waals surface area contributed by atoms with E-state index >= 15 is 0 Å². The lowest BCUT2D eigenvalue weighted by atomic mass is 10.1. The summed E-state index contributed by atoms with van der Waals surface area (Å²) in [4.78, 5) is 21.1. The van der Waals surface area contributed by atoms with Crippen LogP contribution >= 0.6 is 34.8 Å². The maximum absolute atomic E-state index is 11.6. The molecule has 0 atom stereocenters. The third-order valence-corrected chi connectivity index (χ3v) is 4.28. The molecule has 3 aromatic rings. The van der Waals surface area contributed by atoms with E-state index in [4.69, 9.17) is 39.3 Å². The molecule has 1 amide bonds. The normalized spacial score (nSPS) is 10.8. The van der Waals surface area contributed by atoms with Gasteiger partial charge in [0.1, 0.15) is 11.3 Å². The van der Waals surface area contributed by atoms with Gasteiger partial charge < -0.3 is 9.84 Å². The quantitative estimate of drug-likeness (QED) is 0.338. The molecule has 1 N–H and O–H groups in total. The smallest absolute Gasteiger partial charge is 0.280 e. The van der Waals surface area contributed by atoms with Crippen LogP contribution in [-0.4, -0.2) is 20.8 Å². The van der Waals surface area contributed by atoms with Crippen molar-refractivity contribution in [1.82, 2.24) is 5.16 Å². The molecule has 0 fully saturated rings. The molecular weight excluding hydrogens is 417 g/mol. The average molecular weight is 427 g/mol. The van der Waals surface area contributed by atoms with Crippen LogP contribution < -0.4 is 5.32 Å². The number of carbonyl (C=O) groups is 1. The number of nitrogens with one attached hydrogen (secondary N) is 1. The van der Waals surface area contributed by atoms with Crippen molar-refractivity contribution >= 4 is 52.1 Å². The maximum atomic E-state index is 11.6. The highest BCUT2D eigenvalue weighted by atomic mass is 35.5. The van der Waals surface area contributed by atoms with E-state index in [1.54, 1.807) is 24.3 Å². The monoisotopic (exact) mass is 425 g/mol. The van der Waals surface area contributed by atoms with Crippen LogP contribution in [0.3, 0.4) is 0 Å². The molecule has 2 aromatic carbocycles. The summed E-state index contributed by atoms with van der Waals surface area (Å²) in [6.45, 7) is 0. The molecule has 7 nitrogen and oxygen atoms in total. The molecule has 0 unspecified atom stereocenters. The molecule has 3 rings (SSSR count). The minimum absolute atomic E-state index is 0.163. The number of anilines is 1. The number of amides is 1. The number of aromatic nitrogens is 1.